The van der Waals surface area contributed by atoms with Crippen LogP contribution in [0.5, 0.6) is 5.75 Å². The Hall–Kier alpha value is -1.85. The minimum absolute atomic E-state index is 0.249. The Labute approximate surface area is 137 Å². The van der Waals surface area contributed by atoms with Crippen LogP contribution in [0.3, 0.4) is 0 Å². The number of H-pyrrole nitrogens is 1. The molecule has 0 bridgehead atoms. The third-order valence-corrected chi connectivity index (χ3v) is 4.58. The van der Waals surface area contributed by atoms with E-state index in [4.69, 9.17) is 9.47 Å². The molecule has 0 unspecified atom stereocenters. The first-order valence-electron chi connectivity index (χ1n) is 8.14. The number of benzene rings is 1. The van der Waals surface area contributed by atoms with Gasteiger partial charge in [-0.3, -0.25) is 4.90 Å². The van der Waals surface area contributed by atoms with Crippen LogP contribution in [-0.2, 0) is 11.3 Å². The number of hydrogen-bond acceptors (Lipinski definition) is 4. The predicted octanol–water partition coefficient (Wildman–Crippen LogP) is 2.78. The van der Waals surface area contributed by atoms with Gasteiger partial charge in [0.1, 0.15) is 18.0 Å². The maximum Gasteiger partial charge on any atom is 0.122 e. The van der Waals surface area contributed by atoms with Gasteiger partial charge >= 0.3 is 0 Å². The van der Waals surface area contributed by atoms with Crippen molar-refractivity contribution < 1.29 is 9.47 Å². The number of aromatic nitrogens is 2. The third-order valence-electron chi connectivity index (χ3n) is 4.58. The Morgan fingerprint density at radius 1 is 1.35 bits per heavy atom. The van der Waals surface area contributed by atoms with E-state index in [1.54, 1.807) is 13.4 Å². The largest absolute Gasteiger partial charge is 0.490 e. The first-order chi connectivity index (χ1) is 11.2. The number of likely N-dealkylation sites (tertiary alicyclic amines) is 1. The molecule has 0 spiro atoms. The van der Waals surface area contributed by atoms with E-state index in [9.17, 15) is 0 Å². The van der Waals surface area contributed by atoms with Gasteiger partial charge in [0.05, 0.1) is 6.33 Å². The van der Waals surface area contributed by atoms with Crippen molar-refractivity contribution in [3.63, 3.8) is 0 Å². The molecule has 1 aromatic carbocycles. The molecule has 124 valence electrons. The van der Waals surface area contributed by atoms with Gasteiger partial charge in [-0.2, -0.15) is 0 Å². The molecule has 0 saturated carbocycles. The van der Waals surface area contributed by atoms with E-state index in [1.165, 1.54) is 0 Å². The average molecular weight is 315 g/mol. The number of aryl methyl sites for hydroxylation is 1. The number of ether oxygens (including phenoxy) is 2. The molecule has 5 heteroatoms. The van der Waals surface area contributed by atoms with E-state index in [-0.39, 0.29) is 5.60 Å². The summed E-state index contributed by atoms with van der Waals surface area (Å²) in [6, 6.07) is 8.12. The molecule has 1 aromatic heterocycles. The number of aromatic amines is 1. The lowest BCUT2D eigenvalue weighted by Crippen LogP contribution is -2.52. The van der Waals surface area contributed by atoms with Crippen LogP contribution in [0.2, 0.25) is 0 Å². The SMILES string of the molecule is CO[C@]1(COc2ccccc2C)CCCN(Cc2cnc[nH]2)C1. The molecule has 2 aromatic rings. The van der Waals surface area contributed by atoms with E-state index in [0.717, 1.165) is 49.5 Å². The molecule has 1 saturated heterocycles. The predicted molar refractivity (Wildman–Crippen MR) is 89.5 cm³/mol. The second-order valence-corrected chi connectivity index (χ2v) is 6.33. The van der Waals surface area contributed by atoms with Gasteiger partial charge in [0, 0.05) is 32.1 Å². The number of para-hydroxylation sites is 1. The van der Waals surface area contributed by atoms with Crippen LogP contribution in [0.1, 0.15) is 24.1 Å². The molecule has 1 aliphatic heterocycles. The first kappa shape index (κ1) is 16.0. The van der Waals surface area contributed by atoms with Crippen molar-refractivity contribution in [3.05, 3.63) is 48.0 Å². The van der Waals surface area contributed by atoms with Crippen LogP contribution in [0, 0.1) is 6.92 Å². The van der Waals surface area contributed by atoms with Gasteiger partial charge in [0.15, 0.2) is 0 Å². The normalized spacial score (nSPS) is 22.2. The van der Waals surface area contributed by atoms with Crippen molar-refractivity contribution in [2.24, 2.45) is 0 Å². The Morgan fingerprint density at radius 3 is 2.96 bits per heavy atom. The second-order valence-electron chi connectivity index (χ2n) is 6.33. The summed E-state index contributed by atoms with van der Waals surface area (Å²) in [5.74, 6) is 0.939. The Bertz CT molecular complexity index is 614. The lowest BCUT2D eigenvalue weighted by molar-refractivity contribution is -0.0911. The molecule has 0 amide bonds. The number of nitrogens with zero attached hydrogens (tertiary/aromatic N) is 2. The summed E-state index contributed by atoms with van der Waals surface area (Å²) >= 11 is 0. The number of nitrogens with one attached hydrogen (secondary N) is 1. The molecule has 5 nitrogen and oxygen atoms in total. The number of methoxy groups -OCH3 is 1. The summed E-state index contributed by atoms with van der Waals surface area (Å²) < 4.78 is 12.0. The summed E-state index contributed by atoms with van der Waals surface area (Å²) in [6.45, 7) is 5.46. The Morgan fingerprint density at radius 2 is 2.22 bits per heavy atom. The summed E-state index contributed by atoms with van der Waals surface area (Å²) in [7, 11) is 1.79. The van der Waals surface area contributed by atoms with Gasteiger partial charge in [-0.25, -0.2) is 4.98 Å². The van der Waals surface area contributed by atoms with Crippen LogP contribution in [0.4, 0.5) is 0 Å². The second kappa shape index (κ2) is 7.15. The van der Waals surface area contributed by atoms with Gasteiger partial charge in [-0.05, 0) is 37.9 Å². The van der Waals surface area contributed by atoms with Crippen molar-refractivity contribution in [2.45, 2.75) is 31.9 Å². The van der Waals surface area contributed by atoms with Crippen LogP contribution >= 0.6 is 0 Å². The number of hydrogen-bond donors (Lipinski definition) is 1. The Balaban J connectivity index is 1.63. The third kappa shape index (κ3) is 3.92. The highest BCUT2D eigenvalue weighted by atomic mass is 16.5. The molecule has 1 fully saturated rings. The fraction of sp³-hybridized carbons (Fsp3) is 0.500. The van der Waals surface area contributed by atoms with E-state index in [1.807, 2.05) is 24.4 Å². The maximum atomic E-state index is 6.08. The zero-order chi connectivity index (χ0) is 16.1. The quantitative estimate of drug-likeness (QED) is 0.890. The molecule has 0 aliphatic carbocycles. The molecule has 0 radical (unpaired) electrons. The molecule has 1 aliphatic rings. The minimum atomic E-state index is -0.249. The van der Waals surface area contributed by atoms with E-state index < -0.39 is 0 Å². The van der Waals surface area contributed by atoms with Gasteiger partial charge < -0.3 is 14.5 Å². The lowest BCUT2D eigenvalue weighted by Gasteiger charge is -2.41. The van der Waals surface area contributed by atoms with Crippen LogP contribution < -0.4 is 4.74 Å². The summed E-state index contributed by atoms with van der Waals surface area (Å²) in [5.41, 5.74) is 2.04. The van der Waals surface area contributed by atoms with Crippen LogP contribution in [0.25, 0.3) is 0 Å². The van der Waals surface area contributed by atoms with E-state index >= 15 is 0 Å². The molecule has 23 heavy (non-hydrogen) atoms. The van der Waals surface area contributed by atoms with Crippen molar-refractivity contribution in [2.75, 3.05) is 26.8 Å². The maximum absolute atomic E-state index is 6.08. The standard InChI is InChI=1S/C18H25N3O2/c1-15-6-3-4-7-17(15)23-13-18(22-2)8-5-9-21(12-18)11-16-10-19-14-20-16/h3-4,6-7,10,14H,5,8-9,11-13H2,1-2H3,(H,19,20)/t18-/m1/s1. The molecule has 2 heterocycles. The van der Waals surface area contributed by atoms with Crippen LogP contribution in [-0.4, -0.2) is 47.3 Å². The van der Waals surface area contributed by atoms with Crippen molar-refractivity contribution >= 4 is 0 Å². The highest BCUT2D eigenvalue weighted by Gasteiger charge is 2.36. The van der Waals surface area contributed by atoms with Crippen LogP contribution in [0.15, 0.2) is 36.8 Å². The molecule has 1 N–H and O–H groups in total. The van der Waals surface area contributed by atoms with Crippen molar-refractivity contribution in [1.29, 1.82) is 0 Å². The highest BCUT2D eigenvalue weighted by Crippen LogP contribution is 2.27. The summed E-state index contributed by atoms with van der Waals surface area (Å²) in [4.78, 5) is 9.67. The fourth-order valence-electron chi connectivity index (χ4n) is 3.21. The number of rotatable bonds is 6. The molecular formula is C18H25N3O2. The molecule has 3 rings (SSSR count). The van der Waals surface area contributed by atoms with Gasteiger partial charge in [0.2, 0.25) is 0 Å². The van der Waals surface area contributed by atoms with Crippen molar-refractivity contribution in [1.82, 2.24) is 14.9 Å². The minimum Gasteiger partial charge on any atom is -0.490 e. The summed E-state index contributed by atoms with van der Waals surface area (Å²) in [6.07, 6.45) is 5.74. The fourth-order valence-corrected chi connectivity index (χ4v) is 3.21. The summed E-state index contributed by atoms with van der Waals surface area (Å²) in [5, 5.41) is 0. The highest BCUT2D eigenvalue weighted by molar-refractivity contribution is 5.31. The van der Waals surface area contributed by atoms with E-state index in [2.05, 4.69) is 27.9 Å². The number of piperidine rings is 1. The van der Waals surface area contributed by atoms with Gasteiger partial charge in [-0.1, -0.05) is 18.2 Å². The Kier molecular flexibility index (Phi) is 4.98. The number of imidazole rings is 1. The smallest absolute Gasteiger partial charge is 0.122 e. The zero-order valence-corrected chi connectivity index (χ0v) is 13.9. The van der Waals surface area contributed by atoms with E-state index in [0.29, 0.717) is 6.61 Å². The topological polar surface area (TPSA) is 50.4 Å². The zero-order valence-electron chi connectivity index (χ0n) is 13.9. The van der Waals surface area contributed by atoms with Gasteiger partial charge in [0.25, 0.3) is 0 Å². The monoisotopic (exact) mass is 315 g/mol. The lowest BCUT2D eigenvalue weighted by atomic mass is 9.93. The molecule has 1 atom stereocenters. The van der Waals surface area contributed by atoms with Crippen molar-refractivity contribution in [3.8, 4) is 5.75 Å². The van der Waals surface area contributed by atoms with Gasteiger partial charge in [-0.15, -0.1) is 0 Å². The average Bonchev–Trinajstić information content (AvgIpc) is 3.07. The first-order valence-corrected chi connectivity index (χ1v) is 8.14. The molecular weight excluding hydrogens is 290 g/mol.